The van der Waals surface area contributed by atoms with Crippen LogP contribution in [-0.2, 0) is 9.53 Å². The van der Waals surface area contributed by atoms with Gasteiger partial charge in [0.25, 0.3) is 0 Å². The van der Waals surface area contributed by atoms with Crippen molar-refractivity contribution < 1.29 is 9.53 Å². The minimum Gasteiger partial charge on any atom is -0.464 e. The van der Waals surface area contributed by atoms with E-state index in [0.717, 1.165) is 18.5 Å². The quantitative estimate of drug-likeness (QED) is 0.752. The van der Waals surface area contributed by atoms with Gasteiger partial charge in [-0.15, -0.1) is 0 Å². The Morgan fingerprint density at radius 1 is 1.28 bits per heavy atom. The lowest BCUT2D eigenvalue weighted by atomic mass is 9.96. The first-order valence-corrected chi connectivity index (χ1v) is 6.67. The van der Waals surface area contributed by atoms with Gasteiger partial charge in [-0.3, -0.25) is 0 Å². The molecule has 0 aliphatic rings. The second kappa shape index (κ2) is 7.75. The first kappa shape index (κ1) is 14.6. The molecule has 1 aromatic carbocycles. The molecule has 0 aliphatic carbocycles. The lowest BCUT2D eigenvalue weighted by Gasteiger charge is -2.24. The number of benzene rings is 1. The zero-order valence-corrected chi connectivity index (χ0v) is 11.5. The highest BCUT2D eigenvalue weighted by Gasteiger charge is 2.25. The van der Waals surface area contributed by atoms with Crippen molar-refractivity contribution in [3.63, 3.8) is 0 Å². The smallest absolute Gasteiger partial charge is 0.328 e. The van der Waals surface area contributed by atoms with Crippen molar-refractivity contribution >= 4 is 11.7 Å². The van der Waals surface area contributed by atoms with Gasteiger partial charge in [0.1, 0.15) is 6.04 Å². The van der Waals surface area contributed by atoms with Crippen LogP contribution in [0.1, 0.15) is 33.6 Å². The molecule has 0 bridgehead atoms. The van der Waals surface area contributed by atoms with Crippen molar-refractivity contribution in [2.45, 2.75) is 39.7 Å². The zero-order chi connectivity index (χ0) is 13.4. The molecule has 1 aromatic rings. The van der Waals surface area contributed by atoms with E-state index in [-0.39, 0.29) is 17.9 Å². The van der Waals surface area contributed by atoms with Crippen LogP contribution in [0.15, 0.2) is 30.3 Å². The standard InChI is InChI=1S/C15H23NO2/c1-4-9-12(3)14(15(17)18-5-2)16-13-10-7-6-8-11-13/h6-8,10-12,14,16H,4-5,9H2,1-3H3. The summed E-state index contributed by atoms with van der Waals surface area (Å²) < 4.78 is 5.14. The van der Waals surface area contributed by atoms with Crippen LogP contribution in [0.5, 0.6) is 0 Å². The number of rotatable bonds is 7. The summed E-state index contributed by atoms with van der Waals surface area (Å²) in [6.45, 7) is 6.47. The summed E-state index contributed by atoms with van der Waals surface area (Å²) in [5.74, 6) is 0.0940. The molecule has 3 heteroatoms. The predicted octanol–water partition coefficient (Wildman–Crippen LogP) is 3.47. The molecule has 100 valence electrons. The van der Waals surface area contributed by atoms with Crippen LogP contribution in [0.4, 0.5) is 5.69 Å². The Balaban J connectivity index is 2.74. The number of hydrogen-bond acceptors (Lipinski definition) is 3. The summed E-state index contributed by atoms with van der Waals surface area (Å²) in [7, 11) is 0. The number of nitrogens with one attached hydrogen (secondary N) is 1. The lowest BCUT2D eigenvalue weighted by molar-refractivity contribution is -0.145. The minimum absolute atomic E-state index is 0.165. The number of esters is 1. The second-order valence-corrected chi connectivity index (χ2v) is 4.51. The van der Waals surface area contributed by atoms with E-state index in [1.54, 1.807) is 0 Å². The van der Waals surface area contributed by atoms with E-state index < -0.39 is 0 Å². The summed E-state index contributed by atoms with van der Waals surface area (Å²) in [6.07, 6.45) is 2.07. The van der Waals surface area contributed by atoms with Crippen molar-refractivity contribution in [3.8, 4) is 0 Å². The van der Waals surface area contributed by atoms with E-state index in [9.17, 15) is 4.79 Å². The van der Waals surface area contributed by atoms with Crippen molar-refractivity contribution in [2.75, 3.05) is 11.9 Å². The third-order valence-electron chi connectivity index (χ3n) is 2.95. The highest BCUT2D eigenvalue weighted by atomic mass is 16.5. The number of ether oxygens (including phenoxy) is 1. The maximum absolute atomic E-state index is 12.0. The van der Waals surface area contributed by atoms with Gasteiger partial charge >= 0.3 is 5.97 Å². The SMILES string of the molecule is CCCC(C)C(Nc1ccccc1)C(=O)OCC. The maximum Gasteiger partial charge on any atom is 0.328 e. The van der Waals surface area contributed by atoms with Gasteiger partial charge in [-0.1, -0.05) is 38.5 Å². The third kappa shape index (κ3) is 4.40. The van der Waals surface area contributed by atoms with Crippen LogP contribution in [0, 0.1) is 5.92 Å². The lowest BCUT2D eigenvalue weighted by Crippen LogP contribution is -2.37. The average Bonchev–Trinajstić information content (AvgIpc) is 2.37. The Kier molecular flexibility index (Phi) is 6.26. The Morgan fingerprint density at radius 2 is 1.94 bits per heavy atom. The molecule has 0 fully saturated rings. The van der Waals surface area contributed by atoms with E-state index in [4.69, 9.17) is 4.74 Å². The Bertz CT molecular complexity index is 351. The molecule has 0 aromatic heterocycles. The van der Waals surface area contributed by atoms with Gasteiger partial charge in [-0.05, 0) is 31.4 Å². The molecule has 0 saturated heterocycles. The number of hydrogen-bond donors (Lipinski definition) is 1. The first-order chi connectivity index (χ1) is 8.69. The van der Waals surface area contributed by atoms with E-state index in [2.05, 4.69) is 19.2 Å². The topological polar surface area (TPSA) is 38.3 Å². The summed E-state index contributed by atoms with van der Waals surface area (Å²) >= 11 is 0. The Labute approximate surface area is 110 Å². The molecule has 0 amide bonds. The number of carbonyl (C=O) groups excluding carboxylic acids is 1. The molecular weight excluding hydrogens is 226 g/mol. The van der Waals surface area contributed by atoms with Crippen molar-refractivity contribution in [1.29, 1.82) is 0 Å². The van der Waals surface area contributed by atoms with Gasteiger partial charge in [0.05, 0.1) is 6.61 Å². The number of para-hydroxylation sites is 1. The van der Waals surface area contributed by atoms with E-state index in [0.29, 0.717) is 6.61 Å². The highest BCUT2D eigenvalue weighted by molar-refractivity contribution is 5.79. The van der Waals surface area contributed by atoms with Crippen LogP contribution >= 0.6 is 0 Å². The van der Waals surface area contributed by atoms with Crippen LogP contribution in [0.3, 0.4) is 0 Å². The van der Waals surface area contributed by atoms with Crippen LogP contribution in [0.25, 0.3) is 0 Å². The van der Waals surface area contributed by atoms with Gasteiger partial charge < -0.3 is 10.1 Å². The van der Waals surface area contributed by atoms with Crippen molar-refractivity contribution in [3.05, 3.63) is 30.3 Å². The summed E-state index contributed by atoms with van der Waals surface area (Å²) in [6, 6.07) is 9.52. The maximum atomic E-state index is 12.0. The molecule has 3 nitrogen and oxygen atoms in total. The van der Waals surface area contributed by atoms with E-state index in [1.807, 2.05) is 37.3 Å². The number of anilines is 1. The molecule has 0 aliphatic heterocycles. The molecule has 1 rings (SSSR count). The zero-order valence-electron chi connectivity index (χ0n) is 11.5. The van der Waals surface area contributed by atoms with Gasteiger partial charge in [-0.25, -0.2) is 4.79 Å². The fraction of sp³-hybridized carbons (Fsp3) is 0.533. The van der Waals surface area contributed by atoms with Crippen LogP contribution in [0.2, 0.25) is 0 Å². The largest absolute Gasteiger partial charge is 0.464 e. The third-order valence-corrected chi connectivity index (χ3v) is 2.95. The molecular formula is C15H23NO2. The van der Waals surface area contributed by atoms with Gasteiger partial charge in [0, 0.05) is 5.69 Å². The molecule has 0 heterocycles. The predicted molar refractivity (Wildman–Crippen MR) is 74.6 cm³/mol. The minimum atomic E-state index is -0.271. The van der Waals surface area contributed by atoms with Gasteiger partial charge in [-0.2, -0.15) is 0 Å². The van der Waals surface area contributed by atoms with Gasteiger partial charge in [0.2, 0.25) is 0 Å². The van der Waals surface area contributed by atoms with E-state index >= 15 is 0 Å². The molecule has 2 unspecified atom stereocenters. The first-order valence-electron chi connectivity index (χ1n) is 6.67. The summed E-state index contributed by atoms with van der Waals surface area (Å²) in [4.78, 5) is 12.0. The van der Waals surface area contributed by atoms with Crippen LogP contribution in [-0.4, -0.2) is 18.6 Å². The second-order valence-electron chi connectivity index (χ2n) is 4.51. The summed E-state index contributed by atoms with van der Waals surface area (Å²) in [5, 5.41) is 3.27. The average molecular weight is 249 g/mol. The molecule has 0 radical (unpaired) electrons. The van der Waals surface area contributed by atoms with Gasteiger partial charge in [0.15, 0.2) is 0 Å². The molecule has 2 atom stereocenters. The molecule has 0 spiro atoms. The highest BCUT2D eigenvalue weighted by Crippen LogP contribution is 2.17. The van der Waals surface area contributed by atoms with Crippen molar-refractivity contribution in [1.82, 2.24) is 0 Å². The van der Waals surface area contributed by atoms with E-state index in [1.165, 1.54) is 0 Å². The molecule has 1 N–H and O–H groups in total. The number of carbonyl (C=O) groups is 1. The summed E-state index contributed by atoms with van der Waals surface area (Å²) in [5.41, 5.74) is 0.957. The Hall–Kier alpha value is -1.51. The Morgan fingerprint density at radius 3 is 2.50 bits per heavy atom. The molecule has 18 heavy (non-hydrogen) atoms. The fourth-order valence-electron chi connectivity index (χ4n) is 2.00. The van der Waals surface area contributed by atoms with Crippen LogP contribution < -0.4 is 5.32 Å². The fourth-order valence-corrected chi connectivity index (χ4v) is 2.00. The normalized spacial score (nSPS) is 13.7. The van der Waals surface area contributed by atoms with Crippen molar-refractivity contribution in [2.24, 2.45) is 5.92 Å². The molecule has 0 saturated carbocycles. The monoisotopic (exact) mass is 249 g/mol.